The maximum absolute atomic E-state index is 13.9. The van der Waals surface area contributed by atoms with E-state index in [9.17, 15) is 9.50 Å². The van der Waals surface area contributed by atoms with Crippen molar-refractivity contribution in [3.63, 3.8) is 0 Å². The van der Waals surface area contributed by atoms with Gasteiger partial charge < -0.3 is 10.4 Å². The molecule has 0 fully saturated rings. The molecular formula is C13H22FN3O. The number of nitrogens with one attached hydrogen (secondary N) is 1. The minimum Gasteiger partial charge on any atom is -0.394 e. The summed E-state index contributed by atoms with van der Waals surface area (Å²) in [5, 5.41) is 12.3. The van der Waals surface area contributed by atoms with E-state index in [0.717, 1.165) is 6.42 Å². The van der Waals surface area contributed by atoms with E-state index in [0.29, 0.717) is 12.1 Å². The average Bonchev–Trinajstić information content (AvgIpc) is 2.29. The first kappa shape index (κ1) is 14.8. The summed E-state index contributed by atoms with van der Waals surface area (Å²) in [6.07, 6.45) is 2.59. The Hall–Kier alpha value is -1.23. The van der Waals surface area contributed by atoms with Gasteiger partial charge in [-0.15, -0.1) is 0 Å². The Morgan fingerprint density at radius 2 is 2.06 bits per heavy atom. The Morgan fingerprint density at radius 3 is 2.56 bits per heavy atom. The third-order valence-corrected chi connectivity index (χ3v) is 2.62. The summed E-state index contributed by atoms with van der Waals surface area (Å²) in [5.41, 5.74) is 0.442. The predicted octanol–water partition coefficient (Wildman–Crippen LogP) is 2.39. The predicted molar refractivity (Wildman–Crippen MR) is 69.9 cm³/mol. The van der Waals surface area contributed by atoms with Crippen LogP contribution in [0.3, 0.4) is 0 Å². The number of aliphatic hydroxyl groups is 1. The Kier molecular flexibility index (Phi) is 5.02. The zero-order valence-electron chi connectivity index (χ0n) is 11.5. The van der Waals surface area contributed by atoms with Crippen LogP contribution in [-0.4, -0.2) is 27.7 Å². The maximum atomic E-state index is 13.9. The van der Waals surface area contributed by atoms with Gasteiger partial charge in [0.2, 0.25) is 0 Å². The SMILES string of the molecule is CCc1ncnc(NC(CO)CC(C)(C)C)c1F. The number of halogens is 1. The third-order valence-electron chi connectivity index (χ3n) is 2.62. The molecule has 1 aromatic heterocycles. The first-order valence-corrected chi connectivity index (χ1v) is 6.24. The van der Waals surface area contributed by atoms with Crippen molar-refractivity contribution in [1.82, 2.24) is 9.97 Å². The highest BCUT2D eigenvalue weighted by atomic mass is 19.1. The fourth-order valence-electron chi connectivity index (χ4n) is 1.85. The van der Waals surface area contributed by atoms with Crippen LogP contribution in [0.25, 0.3) is 0 Å². The van der Waals surface area contributed by atoms with Crippen LogP contribution in [0.15, 0.2) is 6.33 Å². The lowest BCUT2D eigenvalue weighted by molar-refractivity contribution is 0.233. The van der Waals surface area contributed by atoms with Crippen LogP contribution in [0.4, 0.5) is 10.2 Å². The molecule has 5 heteroatoms. The van der Waals surface area contributed by atoms with Crippen LogP contribution >= 0.6 is 0 Å². The molecule has 18 heavy (non-hydrogen) atoms. The standard InChI is InChI=1S/C13H22FN3O/c1-5-10-11(14)12(16-8-15-10)17-9(7-18)6-13(2,3)4/h8-9,18H,5-7H2,1-4H3,(H,15,16,17). The van der Waals surface area contributed by atoms with Gasteiger partial charge >= 0.3 is 0 Å². The van der Waals surface area contributed by atoms with E-state index in [1.165, 1.54) is 6.33 Å². The highest BCUT2D eigenvalue weighted by Gasteiger charge is 2.20. The number of nitrogens with zero attached hydrogens (tertiary/aromatic N) is 2. The summed E-state index contributed by atoms with van der Waals surface area (Å²) in [4.78, 5) is 7.77. The molecule has 0 saturated carbocycles. The maximum Gasteiger partial charge on any atom is 0.186 e. The van der Waals surface area contributed by atoms with Gasteiger partial charge in [0, 0.05) is 0 Å². The van der Waals surface area contributed by atoms with Crippen LogP contribution in [0, 0.1) is 11.2 Å². The second-order valence-electron chi connectivity index (χ2n) is 5.63. The Labute approximate surface area is 108 Å². The van der Waals surface area contributed by atoms with Crippen molar-refractivity contribution in [3.8, 4) is 0 Å². The van der Waals surface area contributed by atoms with Crippen LogP contribution < -0.4 is 5.32 Å². The van der Waals surface area contributed by atoms with Gasteiger partial charge in [-0.25, -0.2) is 14.4 Å². The lowest BCUT2D eigenvalue weighted by Crippen LogP contribution is -2.30. The lowest BCUT2D eigenvalue weighted by Gasteiger charge is -2.26. The van der Waals surface area contributed by atoms with Crippen LogP contribution in [0.1, 0.15) is 39.8 Å². The molecule has 0 bridgehead atoms. The van der Waals surface area contributed by atoms with E-state index >= 15 is 0 Å². The highest BCUT2D eigenvalue weighted by Crippen LogP contribution is 2.23. The van der Waals surface area contributed by atoms with Crippen molar-refractivity contribution in [2.45, 2.75) is 46.6 Å². The van der Waals surface area contributed by atoms with Crippen molar-refractivity contribution in [2.75, 3.05) is 11.9 Å². The van der Waals surface area contributed by atoms with Crippen molar-refractivity contribution in [1.29, 1.82) is 0 Å². The quantitative estimate of drug-likeness (QED) is 0.848. The van der Waals surface area contributed by atoms with E-state index in [1.807, 2.05) is 6.92 Å². The minimum absolute atomic E-state index is 0.0531. The minimum atomic E-state index is -0.424. The highest BCUT2D eigenvalue weighted by molar-refractivity contribution is 5.38. The van der Waals surface area contributed by atoms with Gasteiger partial charge in [-0.3, -0.25) is 0 Å². The molecular weight excluding hydrogens is 233 g/mol. The molecule has 1 heterocycles. The molecule has 0 aliphatic rings. The fourth-order valence-corrected chi connectivity index (χ4v) is 1.85. The smallest absolute Gasteiger partial charge is 0.186 e. The molecule has 1 aromatic rings. The molecule has 0 saturated heterocycles. The number of rotatable bonds is 5. The van der Waals surface area contributed by atoms with E-state index < -0.39 is 5.82 Å². The normalized spacial score (nSPS) is 13.4. The molecule has 0 aliphatic carbocycles. The number of aliphatic hydroxyl groups excluding tert-OH is 1. The van der Waals surface area contributed by atoms with Crippen LogP contribution in [0.2, 0.25) is 0 Å². The van der Waals surface area contributed by atoms with Crippen molar-refractivity contribution < 1.29 is 9.50 Å². The van der Waals surface area contributed by atoms with Gasteiger partial charge in [0.25, 0.3) is 0 Å². The molecule has 1 atom stereocenters. The van der Waals surface area contributed by atoms with Gasteiger partial charge in [-0.05, 0) is 18.3 Å². The summed E-state index contributed by atoms with van der Waals surface area (Å²) >= 11 is 0. The molecule has 0 aromatic carbocycles. The third kappa shape index (κ3) is 4.22. The van der Waals surface area contributed by atoms with Crippen LogP contribution in [-0.2, 0) is 6.42 Å². The van der Waals surface area contributed by atoms with E-state index in [2.05, 4.69) is 36.1 Å². The Morgan fingerprint density at radius 1 is 1.39 bits per heavy atom. The summed E-state index contributed by atoms with van der Waals surface area (Å²) in [6.45, 7) is 8.01. The summed E-state index contributed by atoms with van der Waals surface area (Å²) in [5.74, 6) is -0.252. The summed E-state index contributed by atoms with van der Waals surface area (Å²) in [7, 11) is 0. The van der Waals surface area contributed by atoms with Crippen LogP contribution in [0.5, 0.6) is 0 Å². The summed E-state index contributed by atoms with van der Waals surface area (Å²) in [6, 6.07) is -0.209. The molecule has 0 radical (unpaired) electrons. The Balaban J connectivity index is 2.82. The second-order valence-corrected chi connectivity index (χ2v) is 5.63. The van der Waals surface area contributed by atoms with Gasteiger partial charge in [0.15, 0.2) is 11.6 Å². The largest absolute Gasteiger partial charge is 0.394 e. The number of aryl methyl sites for hydroxylation is 1. The van der Waals surface area contributed by atoms with Crippen molar-refractivity contribution in [3.05, 3.63) is 17.8 Å². The molecule has 2 N–H and O–H groups in total. The van der Waals surface area contributed by atoms with Crippen molar-refractivity contribution >= 4 is 5.82 Å². The molecule has 1 unspecified atom stereocenters. The van der Waals surface area contributed by atoms with Gasteiger partial charge in [-0.1, -0.05) is 27.7 Å². The zero-order chi connectivity index (χ0) is 13.8. The molecule has 0 aliphatic heterocycles. The van der Waals surface area contributed by atoms with E-state index in [1.54, 1.807) is 0 Å². The van der Waals surface area contributed by atoms with E-state index in [-0.39, 0.29) is 23.9 Å². The molecule has 102 valence electrons. The van der Waals surface area contributed by atoms with Crippen molar-refractivity contribution in [2.24, 2.45) is 5.41 Å². The molecule has 4 nitrogen and oxygen atoms in total. The number of hydrogen-bond donors (Lipinski definition) is 2. The Bertz CT molecular complexity index is 390. The fraction of sp³-hybridized carbons (Fsp3) is 0.692. The monoisotopic (exact) mass is 255 g/mol. The summed E-state index contributed by atoms with van der Waals surface area (Å²) < 4.78 is 13.9. The first-order chi connectivity index (χ1) is 8.37. The average molecular weight is 255 g/mol. The second kappa shape index (κ2) is 6.09. The lowest BCUT2D eigenvalue weighted by atomic mass is 9.88. The molecule has 0 spiro atoms. The van der Waals surface area contributed by atoms with Gasteiger partial charge in [0.05, 0.1) is 18.3 Å². The number of aromatic nitrogens is 2. The zero-order valence-corrected chi connectivity index (χ0v) is 11.5. The molecule has 0 amide bonds. The topological polar surface area (TPSA) is 58.0 Å². The van der Waals surface area contributed by atoms with E-state index in [4.69, 9.17) is 0 Å². The van der Waals surface area contributed by atoms with Gasteiger partial charge in [-0.2, -0.15) is 0 Å². The van der Waals surface area contributed by atoms with Gasteiger partial charge in [0.1, 0.15) is 6.33 Å². The number of hydrogen-bond acceptors (Lipinski definition) is 4. The molecule has 1 rings (SSSR count). The number of anilines is 1. The first-order valence-electron chi connectivity index (χ1n) is 6.24.